The first-order valence-electron chi connectivity index (χ1n) is 12.9. The van der Waals surface area contributed by atoms with Crippen LogP contribution >= 0.6 is 0 Å². The van der Waals surface area contributed by atoms with Crippen molar-refractivity contribution in [1.29, 1.82) is 0 Å². The van der Waals surface area contributed by atoms with Crippen LogP contribution in [0.2, 0.25) is 0 Å². The van der Waals surface area contributed by atoms with Gasteiger partial charge in [0.15, 0.2) is 0 Å². The summed E-state index contributed by atoms with van der Waals surface area (Å²) in [4.78, 5) is 13.4. The van der Waals surface area contributed by atoms with Gasteiger partial charge in [0.05, 0.1) is 16.8 Å². The maximum absolute atomic E-state index is 13.6. The molecule has 1 amide bonds. The Balaban J connectivity index is 1.40. The summed E-state index contributed by atoms with van der Waals surface area (Å²) >= 11 is 0. The Morgan fingerprint density at radius 1 is 1.00 bits per heavy atom. The largest absolute Gasteiger partial charge is 0.418 e. The van der Waals surface area contributed by atoms with Crippen molar-refractivity contribution in [1.82, 2.24) is 5.32 Å². The number of anilines is 1. The molecule has 37 heavy (non-hydrogen) atoms. The second-order valence-corrected chi connectivity index (χ2v) is 11.8. The maximum atomic E-state index is 13.6. The summed E-state index contributed by atoms with van der Waals surface area (Å²) in [5, 5.41) is 5.80. The Morgan fingerprint density at radius 3 is 2.41 bits per heavy atom. The van der Waals surface area contributed by atoms with E-state index in [9.17, 15) is 31.1 Å². The zero-order chi connectivity index (χ0) is 27.0. The third kappa shape index (κ3) is 4.26. The first-order chi connectivity index (χ1) is 17.1. The highest BCUT2D eigenvalue weighted by Crippen LogP contribution is 2.65. The highest BCUT2D eigenvalue weighted by molar-refractivity contribution is 5.94. The second kappa shape index (κ2) is 8.53. The Labute approximate surface area is 212 Å². The number of alkyl halides is 6. The first-order valence-corrected chi connectivity index (χ1v) is 12.9. The minimum atomic E-state index is -4.89. The van der Waals surface area contributed by atoms with E-state index >= 15 is 0 Å². The van der Waals surface area contributed by atoms with Crippen molar-refractivity contribution < 1.29 is 31.1 Å². The summed E-state index contributed by atoms with van der Waals surface area (Å²) in [6, 6.07) is 1.48. The lowest BCUT2D eigenvalue weighted by molar-refractivity contribution is -0.141. The molecule has 3 saturated carbocycles. The van der Waals surface area contributed by atoms with E-state index in [1.54, 1.807) is 0 Å². The van der Waals surface area contributed by atoms with E-state index in [0.29, 0.717) is 42.5 Å². The molecule has 1 heterocycles. The van der Waals surface area contributed by atoms with Crippen LogP contribution in [0.25, 0.3) is 0 Å². The van der Waals surface area contributed by atoms with Crippen LogP contribution in [0.1, 0.15) is 63.5 Å². The number of carbonyl (C=O) groups excluding carboxylic acids is 1. The van der Waals surface area contributed by atoms with E-state index < -0.39 is 46.4 Å². The molecule has 2 N–H and O–H groups in total. The van der Waals surface area contributed by atoms with Gasteiger partial charge in [0.25, 0.3) is 0 Å². The molecule has 7 atom stereocenters. The predicted octanol–water partition coefficient (Wildman–Crippen LogP) is 7.56. The number of nitrogens with one attached hydrogen (secondary N) is 2. The molecule has 0 radical (unpaired) electrons. The van der Waals surface area contributed by atoms with Crippen molar-refractivity contribution in [2.24, 2.45) is 34.5 Å². The van der Waals surface area contributed by atoms with Crippen molar-refractivity contribution in [2.45, 2.75) is 70.8 Å². The summed E-state index contributed by atoms with van der Waals surface area (Å²) in [5.41, 5.74) is -2.88. The van der Waals surface area contributed by atoms with E-state index in [4.69, 9.17) is 0 Å². The number of amides is 1. The lowest BCUT2D eigenvalue weighted by Crippen LogP contribution is -2.58. The SMILES string of the molecule is C=C1C=C[C@@]2(C)C(CCC3C2CC[C@@]2(C)C3CC[C@@H]2C(=O)Nc2cc(C(F)(F)F)ccc2C(F)(F)F)N1. The monoisotopic (exact) mass is 526 g/mol. The maximum Gasteiger partial charge on any atom is 0.418 e. The molecule has 0 spiro atoms. The Kier molecular flexibility index (Phi) is 6.03. The van der Waals surface area contributed by atoms with Gasteiger partial charge in [0, 0.05) is 23.1 Å². The minimum absolute atomic E-state index is 0.0363. The lowest BCUT2D eigenvalue weighted by Gasteiger charge is -2.59. The molecule has 1 aromatic carbocycles. The Morgan fingerprint density at radius 2 is 1.73 bits per heavy atom. The standard InChI is InChI=1S/C28H32F6N2O/c1-15-10-12-26(3)19-11-13-25(2)18(17(19)5-9-23(26)35-15)7-8-21(25)24(37)36-22-14-16(27(29,30)31)4-6-20(22)28(32,33)34/h4,6,10,12,14,17-19,21,23,35H,1,5,7-9,11,13H2,2-3H3,(H,36,37)/t17?,18?,19?,21-,23?,25+,26-/m1/s1. The summed E-state index contributed by atoms with van der Waals surface area (Å²) in [6.45, 7) is 8.36. The van der Waals surface area contributed by atoms with Gasteiger partial charge in [0.1, 0.15) is 0 Å². The zero-order valence-electron chi connectivity index (χ0n) is 20.9. The molecule has 4 aliphatic rings. The highest BCUT2D eigenvalue weighted by atomic mass is 19.4. The normalized spacial score (nSPS) is 37.3. The van der Waals surface area contributed by atoms with Crippen LogP contribution in [0.5, 0.6) is 0 Å². The van der Waals surface area contributed by atoms with Gasteiger partial charge >= 0.3 is 12.4 Å². The molecule has 3 fully saturated rings. The van der Waals surface area contributed by atoms with Gasteiger partial charge < -0.3 is 10.6 Å². The number of hydrogen-bond acceptors (Lipinski definition) is 2. The number of allylic oxidation sites excluding steroid dienone is 1. The summed E-state index contributed by atoms with van der Waals surface area (Å²) in [7, 11) is 0. The van der Waals surface area contributed by atoms with E-state index in [1.165, 1.54) is 0 Å². The molecule has 3 nitrogen and oxygen atoms in total. The molecule has 0 aromatic heterocycles. The van der Waals surface area contributed by atoms with Crippen LogP contribution < -0.4 is 10.6 Å². The van der Waals surface area contributed by atoms with Crippen molar-refractivity contribution in [3.63, 3.8) is 0 Å². The Bertz CT molecular complexity index is 1140. The highest BCUT2D eigenvalue weighted by Gasteiger charge is 2.60. The van der Waals surface area contributed by atoms with Gasteiger partial charge in [-0.05, 0) is 86.0 Å². The molecule has 0 bridgehead atoms. The van der Waals surface area contributed by atoms with Gasteiger partial charge in [-0.15, -0.1) is 0 Å². The van der Waals surface area contributed by atoms with Crippen LogP contribution in [0.15, 0.2) is 42.6 Å². The molecule has 3 aliphatic carbocycles. The quantitative estimate of drug-likeness (QED) is 0.391. The van der Waals surface area contributed by atoms with Crippen molar-refractivity contribution in [2.75, 3.05) is 5.32 Å². The number of carbonyl (C=O) groups is 1. The number of benzene rings is 1. The number of hydrogen-bond donors (Lipinski definition) is 2. The van der Waals surface area contributed by atoms with Crippen LogP contribution in [0, 0.1) is 34.5 Å². The summed E-state index contributed by atoms with van der Waals surface area (Å²) in [6.07, 6.45) is -0.497. The van der Waals surface area contributed by atoms with E-state index in [0.717, 1.165) is 37.8 Å². The van der Waals surface area contributed by atoms with Crippen molar-refractivity contribution >= 4 is 11.6 Å². The Hall–Kier alpha value is -2.45. The third-order valence-electron chi connectivity index (χ3n) is 10.0. The first kappa shape index (κ1) is 26.2. The molecule has 0 saturated heterocycles. The summed E-state index contributed by atoms with van der Waals surface area (Å²) < 4.78 is 80.5. The molecule has 4 unspecified atom stereocenters. The molecule has 1 aliphatic heterocycles. The molecular formula is C28H32F6N2O. The fraction of sp³-hybridized carbons (Fsp3) is 0.607. The van der Waals surface area contributed by atoms with Gasteiger partial charge in [0.2, 0.25) is 5.91 Å². The predicted molar refractivity (Wildman–Crippen MR) is 128 cm³/mol. The van der Waals surface area contributed by atoms with Crippen LogP contribution in [0.3, 0.4) is 0 Å². The fourth-order valence-corrected chi connectivity index (χ4v) is 8.13. The number of rotatable bonds is 2. The molecule has 1 aromatic rings. The lowest BCUT2D eigenvalue weighted by atomic mass is 9.48. The fourth-order valence-electron chi connectivity index (χ4n) is 8.13. The second-order valence-electron chi connectivity index (χ2n) is 11.8. The average molecular weight is 527 g/mol. The zero-order valence-corrected chi connectivity index (χ0v) is 20.9. The summed E-state index contributed by atoms with van der Waals surface area (Å²) in [5.74, 6) is -0.136. The van der Waals surface area contributed by atoms with Crippen LogP contribution in [-0.2, 0) is 17.1 Å². The topological polar surface area (TPSA) is 41.1 Å². The number of halogens is 6. The van der Waals surface area contributed by atoms with Crippen LogP contribution in [0.4, 0.5) is 32.0 Å². The van der Waals surface area contributed by atoms with Crippen molar-refractivity contribution in [3.8, 4) is 0 Å². The average Bonchev–Trinajstić information content (AvgIpc) is 3.15. The minimum Gasteiger partial charge on any atom is -0.382 e. The van der Waals surface area contributed by atoms with Gasteiger partial charge in [-0.25, -0.2) is 0 Å². The smallest absolute Gasteiger partial charge is 0.382 e. The molecule has 9 heteroatoms. The van der Waals surface area contributed by atoms with Crippen LogP contribution in [-0.4, -0.2) is 11.9 Å². The van der Waals surface area contributed by atoms with Gasteiger partial charge in [-0.3, -0.25) is 4.79 Å². The van der Waals surface area contributed by atoms with E-state index in [-0.39, 0.29) is 11.3 Å². The molecular weight excluding hydrogens is 494 g/mol. The van der Waals surface area contributed by atoms with Crippen molar-refractivity contribution in [3.05, 3.63) is 53.8 Å². The molecule has 202 valence electrons. The van der Waals surface area contributed by atoms with E-state index in [2.05, 4.69) is 30.2 Å². The molecule has 5 rings (SSSR count). The van der Waals surface area contributed by atoms with E-state index in [1.807, 2.05) is 13.0 Å². The van der Waals surface area contributed by atoms with Gasteiger partial charge in [-0.1, -0.05) is 26.5 Å². The third-order valence-corrected chi connectivity index (χ3v) is 10.0. The van der Waals surface area contributed by atoms with Gasteiger partial charge in [-0.2, -0.15) is 26.3 Å². The number of fused-ring (bicyclic) bond motifs is 5.